The van der Waals surface area contributed by atoms with Gasteiger partial charge in [-0.05, 0) is 36.4 Å². The van der Waals surface area contributed by atoms with Crippen LogP contribution in [0.3, 0.4) is 0 Å². The maximum atomic E-state index is 13.3. The van der Waals surface area contributed by atoms with Crippen LogP contribution in [0, 0.1) is 17.1 Å². The van der Waals surface area contributed by atoms with Crippen LogP contribution in [0.2, 0.25) is 0 Å². The van der Waals surface area contributed by atoms with Crippen LogP contribution in [0.15, 0.2) is 42.6 Å². The van der Waals surface area contributed by atoms with E-state index in [-0.39, 0.29) is 18.3 Å². The van der Waals surface area contributed by atoms with Gasteiger partial charge in [0.05, 0.1) is 18.7 Å². The van der Waals surface area contributed by atoms with E-state index < -0.39 is 0 Å². The van der Waals surface area contributed by atoms with E-state index in [1.54, 1.807) is 31.4 Å². The molecule has 0 saturated heterocycles. The summed E-state index contributed by atoms with van der Waals surface area (Å²) in [7, 11) is 1.54. The van der Waals surface area contributed by atoms with Crippen molar-refractivity contribution in [2.75, 3.05) is 25.2 Å². The van der Waals surface area contributed by atoms with Gasteiger partial charge in [-0.15, -0.1) is 0 Å². The van der Waals surface area contributed by atoms with Crippen LogP contribution in [-0.2, 0) is 4.74 Å². The predicted octanol–water partition coefficient (Wildman–Crippen LogP) is 2.87. The SMILES string of the molecule is COCCN(C(=O)c1cc2ccc(F)cc2[nH]1)c1ccc(C#N)cn1. The van der Waals surface area contributed by atoms with Crippen LogP contribution in [0.5, 0.6) is 0 Å². The first-order chi connectivity index (χ1) is 12.1. The molecule has 0 saturated carbocycles. The molecule has 0 bridgehead atoms. The van der Waals surface area contributed by atoms with Crippen molar-refractivity contribution in [2.45, 2.75) is 0 Å². The summed E-state index contributed by atoms with van der Waals surface area (Å²) >= 11 is 0. The Morgan fingerprint density at radius 3 is 2.88 bits per heavy atom. The molecule has 1 aromatic carbocycles. The Kier molecular flexibility index (Phi) is 4.73. The molecule has 2 aromatic heterocycles. The third-order valence-electron chi connectivity index (χ3n) is 3.73. The largest absolute Gasteiger partial charge is 0.383 e. The van der Waals surface area contributed by atoms with Crippen LogP contribution in [0.1, 0.15) is 16.1 Å². The molecule has 0 unspecified atom stereocenters. The number of fused-ring (bicyclic) bond motifs is 1. The maximum absolute atomic E-state index is 13.3. The molecule has 0 aliphatic rings. The highest BCUT2D eigenvalue weighted by Gasteiger charge is 2.20. The van der Waals surface area contributed by atoms with Crippen molar-refractivity contribution in [3.63, 3.8) is 0 Å². The third-order valence-corrected chi connectivity index (χ3v) is 3.73. The minimum Gasteiger partial charge on any atom is -0.383 e. The van der Waals surface area contributed by atoms with E-state index in [2.05, 4.69) is 9.97 Å². The molecule has 2 heterocycles. The van der Waals surface area contributed by atoms with Crippen LogP contribution >= 0.6 is 0 Å². The average Bonchev–Trinajstić information content (AvgIpc) is 3.05. The summed E-state index contributed by atoms with van der Waals surface area (Å²) in [6.07, 6.45) is 1.41. The Morgan fingerprint density at radius 2 is 2.20 bits per heavy atom. The monoisotopic (exact) mass is 338 g/mol. The second-order valence-electron chi connectivity index (χ2n) is 5.38. The number of carbonyl (C=O) groups is 1. The molecule has 25 heavy (non-hydrogen) atoms. The summed E-state index contributed by atoms with van der Waals surface area (Å²) in [6, 6.07) is 11.1. The molecule has 0 radical (unpaired) electrons. The highest BCUT2D eigenvalue weighted by Crippen LogP contribution is 2.20. The molecule has 0 aliphatic heterocycles. The lowest BCUT2D eigenvalue weighted by Crippen LogP contribution is -2.34. The smallest absolute Gasteiger partial charge is 0.275 e. The lowest BCUT2D eigenvalue weighted by Gasteiger charge is -2.20. The molecule has 1 amide bonds. The summed E-state index contributed by atoms with van der Waals surface area (Å²) in [4.78, 5) is 21.5. The number of rotatable bonds is 5. The molecule has 3 rings (SSSR count). The second kappa shape index (κ2) is 7.11. The van der Waals surface area contributed by atoms with Crippen molar-refractivity contribution in [2.24, 2.45) is 0 Å². The molecular formula is C18H15FN4O2. The van der Waals surface area contributed by atoms with Gasteiger partial charge in [-0.3, -0.25) is 9.69 Å². The molecule has 7 heteroatoms. The van der Waals surface area contributed by atoms with Crippen molar-refractivity contribution in [3.05, 3.63) is 59.7 Å². The molecule has 0 fully saturated rings. The van der Waals surface area contributed by atoms with Gasteiger partial charge in [0.2, 0.25) is 0 Å². The molecule has 0 atom stereocenters. The Balaban J connectivity index is 1.95. The number of pyridine rings is 1. The number of amides is 1. The molecule has 0 spiro atoms. The molecule has 6 nitrogen and oxygen atoms in total. The highest BCUT2D eigenvalue weighted by molar-refractivity contribution is 6.07. The van der Waals surface area contributed by atoms with Crippen molar-refractivity contribution in [1.29, 1.82) is 5.26 Å². The van der Waals surface area contributed by atoms with Gasteiger partial charge in [0, 0.05) is 24.2 Å². The summed E-state index contributed by atoms with van der Waals surface area (Å²) in [5.74, 6) is -0.282. The van der Waals surface area contributed by atoms with E-state index in [0.29, 0.717) is 29.2 Å². The number of aromatic amines is 1. The molecule has 126 valence electrons. The fourth-order valence-corrected chi connectivity index (χ4v) is 2.47. The topological polar surface area (TPSA) is 82.0 Å². The molecular weight excluding hydrogens is 323 g/mol. The fourth-order valence-electron chi connectivity index (χ4n) is 2.47. The number of H-pyrrole nitrogens is 1. The number of carbonyl (C=O) groups excluding carboxylic acids is 1. The highest BCUT2D eigenvalue weighted by atomic mass is 19.1. The zero-order valence-electron chi connectivity index (χ0n) is 13.5. The summed E-state index contributed by atoms with van der Waals surface area (Å²) in [6.45, 7) is 0.611. The van der Waals surface area contributed by atoms with E-state index in [1.165, 1.54) is 23.2 Å². The van der Waals surface area contributed by atoms with E-state index in [1.807, 2.05) is 6.07 Å². The summed E-state index contributed by atoms with van der Waals surface area (Å²) < 4.78 is 18.4. The third kappa shape index (κ3) is 3.49. The van der Waals surface area contributed by atoms with Gasteiger partial charge < -0.3 is 9.72 Å². The molecule has 0 aliphatic carbocycles. The number of hydrogen-bond donors (Lipinski definition) is 1. The van der Waals surface area contributed by atoms with Crippen molar-refractivity contribution < 1.29 is 13.9 Å². The number of halogens is 1. The lowest BCUT2D eigenvalue weighted by atomic mass is 10.2. The van der Waals surface area contributed by atoms with Crippen molar-refractivity contribution in [3.8, 4) is 6.07 Å². The van der Waals surface area contributed by atoms with Gasteiger partial charge in [-0.2, -0.15) is 5.26 Å². The Hall–Kier alpha value is -3.24. The van der Waals surface area contributed by atoms with Gasteiger partial charge in [0.25, 0.3) is 5.91 Å². The van der Waals surface area contributed by atoms with Gasteiger partial charge in [-0.1, -0.05) is 0 Å². The van der Waals surface area contributed by atoms with Crippen LogP contribution in [0.4, 0.5) is 10.2 Å². The Morgan fingerprint density at radius 1 is 1.36 bits per heavy atom. The number of aromatic nitrogens is 2. The van der Waals surface area contributed by atoms with Gasteiger partial charge in [0.1, 0.15) is 23.4 Å². The lowest BCUT2D eigenvalue weighted by molar-refractivity contribution is 0.0971. The number of methoxy groups -OCH3 is 1. The first kappa shape index (κ1) is 16.6. The number of nitrogens with one attached hydrogen (secondary N) is 1. The maximum Gasteiger partial charge on any atom is 0.275 e. The minimum absolute atomic E-state index is 0.290. The van der Waals surface area contributed by atoms with E-state index in [0.717, 1.165) is 5.39 Å². The normalized spacial score (nSPS) is 10.6. The minimum atomic E-state index is -0.377. The van der Waals surface area contributed by atoms with E-state index in [9.17, 15) is 9.18 Å². The first-order valence-corrected chi connectivity index (χ1v) is 7.57. The second-order valence-corrected chi connectivity index (χ2v) is 5.38. The van der Waals surface area contributed by atoms with Crippen LogP contribution in [0.25, 0.3) is 10.9 Å². The Bertz CT molecular complexity index is 944. The van der Waals surface area contributed by atoms with Gasteiger partial charge in [-0.25, -0.2) is 9.37 Å². The molecule has 3 aromatic rings. The van der Waals surface area contributed by atoms with E-state index >= 15 is 0 Å². The number of benzene rings is 1. The summed E-state index contributed by atoms with van der Waals surface area (Å²) in [5, 5.41) is 9.61. The van der Waals surface area contributed by atoms with Crippen molar-refractivity contribution >= 4 is 22.6 Å². The quantitative estimate of drug-likeness (QED) is 0.775. The first-order valence-electron chi connectivity index (χ1n) is 7.57. The number of nitriles is 1. The van der Waals surface area contributed by atoms with Crippen molar-refractivity contribution in [1.82, 2.24) is 9.97 Å². The number of hydrogen-bond acceptors (Lipinski definition) is 4. The molecule has 1 N–H and O–H groups in total. The number of nitrogens with zero attached hydrogens (tertiary/aromatic N) is 3. The predicted molar refractivity (Wildman–Crippen MR) is 90.8 cm³/mol. The summed E-state index contributed by atoms with van der Waals surface area (Å²) in [5.41, 5.74) is 1.27. The Labute approximate surface area is 143 Å². The van der Waals surface area contributed by atoms with Crippen LogP contribution in [-0.4, -0.2) is 36.1 Å². The zero-order chi connectivity index (χ0) is 17.8. The van der Waals surface area contributed by atoms with E-state index in [4.69, 9.17) is 10.00 Å². The number of ether oxygens (including phenoxy) is 1. The van der Waals surface area contributed by atoms with Gasteiger partial charge in [0.15, 0.2) is 0 Å². The number of anilines is 1. The fraction of sp³-hybridized carbons (Fsp3) is 0.167. The van der Waals surface area contributed by atoms with Crippen LogP contribution < -0.4 is 4.90 Å². The standard InChI is InChI=1S/C18H15FN4O2/c1-25-7-6-23(17-5-2-12(10-20)11-21-17)18(24)16-8-13-3-4-14(19)9-15(13)22-16/h2-5,8-9,11,22H,6-7H2,1H3. The zero-order valence-corrected chi connectivity index (χ0v) is 13.5. The average molecular weight is 338 g/mol. The van der Waals surface area contributed by atoms with Gasteiger partial charge >= 0.3 is 0 Å².